The first-order valence-electron chi connectivity index (χ1n) is 9.36. The van der Waals surface area contributed by atoms with Gasteiger partial charge in [0.2, 0.25) is 0 Å². The van der Waals surface area contributed by atoms with Crippen molar-refractivity contribution in [3.05, 3.63) is 89.7 Å². The molecule has 0 saturated carbocycles. The predicted molar refractivity (Wildman–Crippen MR) is 112 cm³/mol. The summed E-state index contributed by atoms with van der Waals surface area (Å²) in [6.07, 6.45) is 3.64. The SMILES string of the molecule is Cc1ccc(CN(O)C(N)=O)cc1-c1cc2ccccc2n1Cc1cccnc1. The van der Waals surface area contributed by atoms with Crippen LogP contribution in [0.25, 0.3) is 22.2 Å². The van der Waals surface area contributed by atoms with E-state index in [0.717, 1.165) is 38.9 Å². The van der Waals surface area contributed by atoms with Gasteiger partial charge in [-0.25, -0.2) is 9.86 Å². The predicted octanol–water partition coefficient (Wildman–Crippen LogP) is 4.33. The Bertz CT molecular complexity index is 1170. The molecule has 0 spiro atoms. The Hall–Kier alpha value is -3.64. The zero-order chi connectivity index (χ0) is 20.4. The molecule has 0 aliphatic carbocycles. The molecule has 4 rings (SSSR count). The monoisotopic (exact) mass is 386 g/mol. The van der Waals surface area contributed by atoms with Gasteiger partial charge in [0, 0.05) is 41.1 Å². The second kappa shape index (κ2) is 7.77. The number of nitrogens with zero attached hydrogens (tertiary/aromatic N) is 3. The van der Waals surface area contributed by atoms with Crippen molar-refractivity contribution in [3.8, 4) is 11.3 Å². The van der Waals surface area contributed by atoms with Crippen molar-refractivity contribution in [2.24, 2.45) is 5.73 Å². The Balaban J connectivity index is 1.83. The third-order valence-corrected chi connectivity index (χ3v) is 5.04. The summed E-state index contributed by atoms with van der Waals surface area (Å²) in [6.45, 7) is 2.77. The van der Waals surface area contributed by atoms with Crippen molar-refractivity contribution in [2.45, 2.75) is 20.0 Å². The van der Waals surface area contributed by atoms with E-state index in [2.05, 4.69) is 40.7 Å². The third kappa shape index (κ3) is 3.83. The number of nitrogens with two attached hydrogens (primary N) is 1. The van der Waals surface area contributed by atoms with Gasteiger partial charge in [-0.15, -0.1) is 0 Å². The molecule has 6 heteroatoms. The maximum atomic E-state index is 11.2. The Morgan fingerprint density at radius 1 is 1.10 bits per heavy atom. The number of carbonyl (C=O) groups is 1. The van der Waals surface area contributed by atoms with Gasteiger partial charge in [0.05, 0.1) is 6.54 Å². The average molecular weight is 386 g/mol. The molecule has 0 aliphatic heterocycles. The highest BCUT2D eigenvalue weighted by atomic mass is 16.5. The summed E-state index contributed by atoms with van der Waals surface area (Å²) in [6, 6.07) is 19.4. The van der Waals surface area contributed by atoms with Crippen LogP contribution >= 0.6 is 0 Å². The van der Waals surface area contributed by atoms with Gasteiger partial charge < -0.3 is 10.3 Å². The molecule has 2 aromatic heterocycles. The molecule has 0 radical (unpaired) electrons. The van der Waals surface area contributed by atoms with Crippen molar-refractivity contribution in [1.29, 1.82) is 0 Å². The Morgan fingerprint density at radius 2 is 1.93 bits per heavy atom. The third-order valence-electron chi connectivity index (χ3n) is 5.04. The largest absolute Gasteiger partial charge is 0.350 e. The van der Waals surface area contributed by atoms with Crippen LogP contribution in [-0.4, -0.2) is 25.9 Å². The van der Waals surface area contributed by atoms with Gasteiger partial charge in [-0.05, 0) is 47.9 Å². The minimum atomic E-state index is -0.877. The van der Waals surface area contributed by atoms with E-state index in [1.165, 1.54) is 0 Å². The molecule has 3 N–H and O–H groups in total. The average Bonchev–Trinajstić information content (AvgIpc) is 3.08. The molecule has 146 valence electrons. The van der Waals surface area contributed by atoms with Gasteiger partial charge in [-0.3, -0.25) is 10.2 Å². The number of amides is 2. The number of primary amides is 1. The lowest BCUT2D eigenvalue weighted by Gasteiger charge is -2.16. The number of urea groups is 1. The minimum absolute atomic E-state index is 0.0332. The summed E-state index contributed by atoms with van der Waals surface area (Å²) >= 11 is 0. The maximum absolute atomic E-state index is 11.2. The van der Waals surface area contributed by atoms with Crippen LogP contribution in [0.2, 0.25) is 0 Å². The van der Waals surface area contributed by atoms with Gasteiger partial charge in [0.1, 0.15) is 0 Å². The second-order valence-electron chi connectivity index (χ2n) is 7.08. The van der Waals surface area contributed by atoms with Gasteiger partial charge >= 0.3 is 6.03 Å². The molecule has 29 heavy (non-hydrogen) atoms. The van der Waals surface area contributed by atoms with E-state index < -0.39 is 6.03 Å². The molecular weight excluding hydrogens is 364 g/mol. The van der Waals surface area contributed by atoms with Gasteiger partial charge in [0.25, 0.3) is 0 Å². The second-order valence-corrected chi connectivity index (χ2v) is 7.08. The Labute approximate surface area is 168 Å². The molecule has 0 aliphatic rings. The van der Waals surface area contributed by atoms with Crippen LogP contribution in [0.1, 0.15) is 16.7 Å². The van der Waals surface area contributed by atoms with Crippen LogP contribution in [0, 0.1) is 6.92 Å². The van der Waals surface area contributed by atoms with Crippen LogP contribution < -0.4 is 5.73 Å². The highest BCUT2D eigenvalue weighted by molar-refractivity contribution is 5.88. The summed E-state index contributed by atoms with van der Waals surface area (Å²) < 4.78 is 2.27. The van der Waals surface area contributed by atoms with E-state index in [1.807, 2.05) is 42.6 Å². The molecule has 2 aromatic carbocycles. The number of hydrogen-bond acceptors (Lipinski definition) is 3. The number of rotatable bonds is 5. The van der Waals surface area contributed by atoms with E-state index in [0.29, 0.717) is 11.6 Å². The molecule has 2 amide bonds. The van der Waals surface area contributed by atoms with Crippen molar-refractivity contribution in [2.75, 3.05) is 0 Å². The summed E-state index contributed by atoms with van der Waals surface area (Å²) in [4.78, 5) is 15.4. The zero-order valence-corrected chi connectivity index (χ0v) is 16.1. The molecule has 2 heterocycles. The van der Waals surface area contributed by atoms with Crippen molar-refractivity contribution >= 4 is 16.9 Å². The van der Waals surface area contributed by atoms with Crippen LogP contribution in [0.15, 0.2) is 73.1 Å². The molecule has 0 saturated heterocycles. The van der Waals surface area contributed by atoms with E-state index in [9.17, 15) is 10.0 Å². The molecule has 0 bridgehead atoms. The standard InChI is InChI=1S/C23H22N4O2/c1-16-8-9-17(15-27(29)23(24)28)11-20(16)22-12-19-6-2-3-7-21(19)26(22)14-18-5-4-10-25-13-18/h2-13,29H,14-15H2,1H3,(H2,24,28). The van der Waals surface area contributed by atoms with Crippen molar-refractivity contribution in [1.82, 2.24) is 14.6 Å². The number of aromatic nitrogens is 2. The van der Waals surface area contributed by atoms with Crippen LogP contribution in [0.4, 0.5) is 4.79 Å². The molecule has 0 unspecified atom stereocenters. The normalized spacial score (nSPS) is 11.0. The van der Waals surface area contributed by atoms with E-state index in [4.69, 9.17) is 5.73 Å². The minimum Gasteiger partial charge on any atom is -0.350 e. The number of aryl methyl sites for hydroxylation is 1. The Morgan fingerprint density at radius 3 is 2.69 bits per heavy atom. The number of carbonyl (C=O) groups excluding carboxylic acids is 1. The van der Waals surface area contributed by atoms with E-state index >= 15 is 0 Å². The molecular formula is C23H22N4O2. The summed E-state index contributed by atoms with van der Waals surface area (Å²) in [5, 5.41) is 11.4. The lowest BCUT2D eigenvalue weighted by atomic mass is 10.0. The zero-order valence-electron chi connectivity index (χ0n) is 16.1. The van der Waals surface area contributed by atoms with E-state index in [1.54, 1.807) is 6.20 Å². The van der Waals surface area contributed by atoms with Crippen LogP contribution in [0.3, 0.4) is 0 Å². The van der Waals surface area contributed by atoms with Gasteiger partial charge in [-0.1, -0.05) is 36.4 Å². The Kier molecular flexibility index (Phi) is 5.01. The van der Waals surface area contributed by atoms with Crippen molar-refractivity contribution < 1.29 is 10.0 Å². The van der Waals surface area contributed by atoms with Crippen LogP contribution in [-0.2, 0) is 13.1 Å². The fourth-order valence-electron chi connectivity index (χ4n) is 3.57. The molecule has 4 aromatic rings. The van der Waals surface area contributed by atoms with Gasteiger partial charge in [-0.2, -0.15) is 0 Å². The fraction of sp³-hybridized carbons (Fsp3) is 0.130. The lowest BCUT2D eigenvalue weighted by molar-refractivity contribution is -0.0470. The number of para-hydroxylation sites is 1. The number of pyridine rings is 1. The first-order chi connectivity index (χ1) is 14.0. The number of benzene rings is 2. The topological polar surface area (TPSA) is 84.4 Å². The molecule has 6 nitrogen and oxygen atoms in total. The number of hydroxylamine groups is 2. The quantitative estimate of drug-likeness (QED) is 0.395. The summed E-state index contributed by atoms with van der Waals surface area (Å²) in [5.41, 5.74) is 11.4. The molecule has 0 atom stereocenters. The first kappa shape index (κ1) is 18.7. The number of fused-ring (bicyclic) bond motifs is 1. The highest BCUT2D eigenvalue weighted by Gasteiger charge is 2.15. The molecule has 0 fully saturated rings. The fourth-order valence-corrected chi connectivity index (χ4v) is 3.57. The van der Waals surface area contributed by atoms with Crippen LogP contribution in [0.5, 0.6) is 0 Å². The van der Waals surface area contributed by atoms with E-state index in [-0.39, 0.29) is 6.54 Å². The lowest BCUT2D eigenvalue weighted by Crippen LogP contribution is -2.32. The highest BCUT2D eigenvalue weighted by Crippen LogP contribution is 2.32. The first-order valence-corrected chi connectivity index (χ1v) is 9.36. The van der Waals surface area contributed by atoms with Crippen molar-refractivity contribution in [3.63, 3.8) is 0 Å². The maximum Gasteiger partial charge on any atom is 0.338 e. The van der Waals surface area contributed by atoms with Gasteiger partial charge in [0.15, 0.2) is 0 Å². The smallest absolute Gasteiger partial charge is 0.338 e. The number of hydrogen-bond donors (Lipinski definition) is 2. The summed E-state index contributed by atoms with van der Waals surface area (Å²) in [5.74, 6) is 0. The summed E-state index contributed by atoms with van der Waals surface area (Å²) in [7, 11) is 0.